The van der Waals surface area contributed by atoms with Crippen molar-refractivity contribution in [2.45, 2.75) is 31.9 Å². The molecule has 0 amide bonds. The lowest BCUT2D eigenvalue weighted by Gasteiger charge is -2.24. The van der Waals surface area contributed by atoms with Gasteiger partial charge in [-0.1, -0.05) is 6.07 Å². The van der Waals surface area contributed by atoms with E-state index in [0.29, 0.717) is 5.92 Å². The Labute approximate surface area is 96.2 Å². The van der Waals surface area contributed by atoms with E-state index in [1.807, 2.05) is 24.4 Å². The molecule has 4 heteroatoms. The molecule has 3 N–H and O–H groups in total. The second kappa shape index (κ2) is 5.39. The number of nitrogens with one attached hydrogen (secondary N) is 1. The van der Waals surface area contributed by atoms with Crippen molar-refractivity contribution in [1.29, 1.82) is 0 Å². The molecular weight excluding hydrogens is 202 g/mol. The van der Waals surface area contributed by atoms with Gasteiger partial charge in [0.05, 0.1) is 6.10 Å². The highest BCUT2D eigenvalue weighted by molar-refractivity contribution is 5.06. The van der Waals surface area contributed by atoms with Crippen LogP contribution in [0.25, 0.3) is 0 Å². The van der Waals surface area contributed by atoms with Crippen molar-refractivity contribution in [2.75, 3.05) is 6.61 Å². The van der Waals surface area contributed by atoms with E-state index in [4.69, 9.17) is 10.6 Å². The van der Waals surface area contributed by atoms with Crippen LogP contribution in [0.2, 0.25) is 0 Å². The summed E-state index contributed by atoms with van der Waals surface area (Å²) in [4.78, 5) is 4.33. The quantitative estimate of drug-likeness (QED) is 0.585. The number of aromatic nitrogens is 1. The Morgan fingerprint density at radius 3 is 3.06 bits per heavy atom. The average molecular weight is 221 g/mol. The fourth-order valence-electron chi connectivity index (χ4n) is 2.35. The first kappa shape index (κ1) is 11.5. The van der Waals surface area contributed by atoms with E-state index in [1.54, 1.807) is 0 Å². The summed E-state index contributed by atoms with van der Waals surface area (Å²) in [5, 5.41) is 0. The molecule has 0 radical (unpaired) electrons. The van der Waals surface area contributed by atoms with E-state index in [2.05, 4.69) is 17.3 Å². The van der Waals surface area contributed by atoms with Crippen molar-refractivity contribution >= 4 is 0 Å². The van der Waals surface area contributed by atoms with Crippen molar-refractivity contribution in [1.82, 2.24) is 10.4 Å². The van der Waals surface area contributed by atoms with E-state index in [9.17, 15) is 0 Å². The van der Waals surface area contributed by atoms with Gasteiger partial charge in [-0.05, 0) is 25.5 Å². The van der Waals surface area contributed by atoms with Crippen LogP contribution in [0.5, 0.6) is 0 Å². The number of pyridine rings is 1. The maximum atomic E-state index is 5.63. The molecule has 0 spiro atoms. The fraction of sp³-hybridized carbons (Fsp3) is 0.583. The van der Waals surface area contributed by atoms with Gasteiger partial charge in [-0.2, -0.15) is 0 Å². The van der Waals surface area contributed by atoms with Crippen LogP contribution in [0.1, 0.15) is 19.0 Å². The monoisotopic (exact) mass is 221 g/mol. The highest BCUT2D eigenvalue weighted by atomic mass is 16.5. The molecule has 0 bridgehead atoms. The molecule has 88 valence electrons. The van der Waals surface area contributed by atoms with Gasteiger partial charge in [0, 0.05) is 36.9 Å². The first-order chi connectivity index (χ1) is 7.81. The van der Waals surface area contributed by atoms with E-state index in [0.717, 1.165) is 25.1 Å². The number of rotatable bonds is 4. The smallest absolute Gasteiger partial charge is 0.0591 e. The Kier molecular flexibility index (Phi) is 3.88. The van der Waals surface area contributed by atoms with E-state index < -0.39 is 0 Å². The van der Waals surface area contributed by atoms with Crippen molar-refractivity contribution < 1.29 is 4.74 Å². The zero-order chi connectivity index (χ0) is 11.4. The highest BCUT2D eigenvalue weighted by Crippen LogP contribution is 2.25. The number of ether oxygens (including phenoxy) is 1. The number of hydrogen-bond donors (Lipinski definition) is 2. The molecule has 2 rings (SSSR count). The van der Waals surface area contributed by atoms with Crippen LogP contribution in [0.3, 0.4) is 0 Å². The van der Waals surface area contributed by atoms with Gasteiger partial charge >= 0.3 is 0 Å². The molecule has 3 atom stereocenters. The Bertz CT molecular complexity index is 317. The summed E-state index contributed by atoms with van der Waals surface area (Å²) in [6.07, 6.45) is 4.03. The molecule has 3 unspecified atom stereocenters. The third-order valence-electron chi connectivity index (χ3n) is 3.32. The minimum Gasteiger partial charge on any atom is -0.378 e. The minimum absolute atomic E-state index is 0.243. The lowest BCUT2D eigenvalue weighted by atomic mass is 9.90. The summed E-state index contributed by atoms with van der Waals surface area (Å²) >= 11 is 0. The third-order valence-corrected chi connectivity index (χ3v) is 3.32. The normalized spacial score (nSPS) is 26.9. The molecule has 1 aliphatic rings. The molecule has 1 saturated heterocycles. The average Bonchev–Trinajstić information content (AvgIpc) is 2.74. The second-order valence-corrected chi connectivity index (χ2v) is 4.33. The zero-order valence-electron chi connectivity index (χ0n) is 9.60. The van der Waals surface area contributed by atoms with E-state index in [1.165, 1.54) is 0 Å². The first-order valence-corrected chi connectivity index (χ1v) is 5.79. The topological polar surface area (TPSA) is 60.2 Å². The highest BCUT2D eigenvalue weighted by Gasteiger charge is 2.31. The number of hydrazine groups is 1. The van der Waals surface area contributed by atoms with Gasteiger partial charge in [0.2, 0.25) is 0 Å². The largest absolute Gasteiger partial charge is 0.378 e. The Morgan fingerprint density at radius 1 is 1.62 bits per heavy atom. The molecule has 4 nitrogen and oxygen atoms in total. The standard InChI is InChI=1S/C12H19N3O/c1-9-11(5-7-16-9)12(15-13)8-10-4-2-3-6-14-10/h2-4,6,9,11-12,15H,5,7-8,13H2,1H3. The van der Waals surface area contributed by atoms with Gasteiger partial charge < -0.3 is 4.74 Å². The summed E-state index contributed by atoms with van der Waals surface area (Å²) in [5.41, 5.74) is 3.98. The van der Waals surface area contributed by atoms with Gasteiger partial charge in [0.15, 0.2) is 0 Å². The van der Waals surface area contributed by atoms with Crippen LogP contribution in [-0.4, -0.2) is 23.7 Å². The maximum Gasteiger partial charge on any atom is 0.0591 e. The molecule has 0 aliphatic carbocycles. The first-order valence-electron chi connectivity index (χ1n) is 5.79. The van der Waals surface area contributed by atoms with Crippen LogP contribution in [-0.2, 0) is 11.2 Å². The van der Waals surface area contributed by atoms with Crippen molar-refractivity contribution in [3.63, 3.8) is 0 Å². The molecular formula is C12H19N3O. The van der Waals surface area contributed by atoms with Crippen LogP contribution < -0.4 is 11.3 Å². The van der Waals surface area contributed by atoms with E-state index in [-0.39, 0.29) is 12.1 Å². The summed E-state index contributed by atoms with van der Waals surface area (Å²) in [6, 6.07) is 6.21. The van der Waals surface area contributed by atoms with Crippen molar-refractivity contribution in [3.05, 3.63) is 30.1 Å². The van der Waals surface area contributed by atoms with Gasteiger partial charge in [0.25, 0.3) is 0 Å². The molecule has 1 fully saturated rings. The molecule has 0 aromatic carbocycles. The maximum absolute atomic E-state index is 5.63. The molecule has 2 heterocycles. The number of hydrogen-bond acceptors (Lipinski definition) is 4. The summed E-state index contributed by atoms with van der Waals surface area (Å²) in [6.45, 7) is 2.95. The summed E-state index contributed by atoms with van der Waals surface area (Å²) in [7, 11) is 0. The molecule has 1 aromatic rings. The van der Waals surface area contributed by atoms with Gasteiger partial charge in [-0.3, -0.25) is 16.3 Å². The van der Waals surface area contributed by atoms with Gasteiger partial charge in [-0.25, -0.2) is 0 Å². The SMILES string of the molecule is CC1OCCC1C(Cc1ccccn1)NN. The molecule has 1 aromatic heterocycles. The van der Waals surface area contributed by atoms with Crippen LogP contribution >= 0.6 is 0 Å². The third kappa shape index (κ3) is 2.58. The lowest BCUT2D eigenvalue weighted by Crippen LogP contribution is -2.44. The lowest BCUT2D eigenvalue weighted by molar-refractivity contribution is 0.0953. The Morgan fingerprint density at radius 2 is 2.50 bits per heavy atom. The molecule has 0 saturated carbocycles. The van der Waals surface area contributed by atoms with Gasteiger partial charge in [-0.15, -0.1) is 0 Å². The molecule has 1 aliphatic heterocycles. The van der Waals surface area contributed by atoms with Crippen LogP contribution in [0.4, 0.5) is 0 Å². The number of nitrogens with zero attached hydrogens (tertiary/aromatic N) is 1. The zero-order valence-corrected chi connectivity index (χ0v) is 9.60. The summed E-state index contributed by atoms with van der Waals surface area (Å²) in [5.74, 6) is 6.11. The Balaban J connectivity index is 2.00. The fourth-order valence-corrected chi connectivity index (χ4v) is 2.35. The minimum atomic E-state index is 0.243. The predicted octanol–water partition coefficient (Wildman–Crippen LogP) is 0.881. The number of nitrogens with two attached hydrogens (primary N) is 1. The van der Waals surface area contributed by atoms with Crippen molar-refractivity contribution in [2.24, 2.45) is 11.8 Å². The van der Waals surface area contributed by atoms with Gasteiger partial charge in [0.1, 0.15) is 0 Å². The van der Waals surface area contributed by atoms with Crippen LogP contribution in [0.15, 0.2) is 24.4 Å². The Hall–Kier alpha value is -0.970. The predicted molar refractivity (Wildman–Crippen MR) is 62.6 cm³/mol. The summed E-state index contributed by atoms with van der Waals surface area (Å²) < 4.78 is 5.57. The second-order valence-electron chi connectivity index (χ2n) is 4.33. The van der Waals surface area contributed by atoms with Crippen molar-refractivity contribution in [3.8, 4) is 0 Å². The molecule has 16 heavy (non-hydrogen) atoms. The van der Waals surface area contributed by atoms with E-state index >= 15 is 0 Å². The van der Waals surface area contributed by atoms with Crippen LogP contribution in [0, 0.1) is 5.92 Å².